The van der Waals surface area contributed by atoms with Crippen molar-refractivity contribution in [3.8, 4) is 5.75 Å². The number of aromatic nitrogens is 5. The molecule has 3 aromatic rings. The molecule has 0 radical (unpaired) electrons. The van der Waals surface area contributed by atoms with Gasteiger partial charge >= 0.3 is 18.4 Å². The van der Waals surface area contributed by atoms with Gasteiger partial charge in [0.2, 0.25) is 5.95 Å². The first-order valence-corrected chi connectivity index (χ1v) is 10.9. The predicted molar refractivity (Wildman–Crippen MR) is 107 cm³/mol. The molecule has 0 spiro atoms. The zero-order valence-electron chi connectivity index (χ0n) is 18.4. The summed E-state index contributed by atoms with van der Waals surface area (Å²) in [6, 6.07) is 1.87. The number of rotatable bonds is 4. The van der Waals surface area contributed by atoms with Gasteiger partial charge in [-0.1, -0.05) is 5.16 Å². The number of halogens is 6. The Morgan fingerprint density at radius 2 is 1.94 bits per heavy atom. The van der Waals surface area contributed by atoms with E-state index >= 15 is 0 Å². The third-order valence-corrected chi connectivity index (χ3v) is 7.05. The Bertz CT molecular complexity index is 1300. The lowest BCUT2D eigenvalue weighted by Gasteiger charge is -2.27. The number of pyridine rings is 1. The molecule has 4 atom stereocenters. The van der Waals surface area contributed by atoms with Crippen molar-refractivity contribution in [2.24, 2.45) is 5.92 Å². The van der Waals surface area contributed by atoms with Gasteiger partial charge in [0.15, 0.2) is 23.3 Å². The summed E-state index contributed by atoms with van der Waals surface area (Å²) in [6.45, 7) is 3.60. The largest absolute Gasteiger partial charge is 0.477 e. The van der Waals surface area contributed by atoms with Gasteiger partial charge in [0, 0.05) is 13.1 Å². The van der Waals surface area contributed by atoms with Gasteiger partial charge in [-0.15, -0.1) is 5.10 Å². The van der Waals surface area contributed by atoms with Crippen LogP contribution in [0.1, 0.15) is 31.3 Å². The fourth-order valence-electron chi connectivity index (χ4n) is 5.50. The fraction of sp³-hybridized carbons (Fsp3) is 0.600. The Morgan fingerprint density at radius 1 is 1.17 bits per heavy atom. The van der Waals surface area contributed by atoms with Crippen LogP contribution in [0.3, 0.4) is 0 Å². The molecular formula is C20H19F6N7O2. The normalized spacial score (nSPS) is 26.9. The molecule has 2 aliphatic heterocycles. The zero-order chi connectivity index (χ0) is 24.9. The standard InChI is InChI=1S/C20H19F6N7O2/c1-9(19(21,22)23)34-12-3-4-13(20(24,25)26)33-15(12)28-16(29-33)32-14-11-5-6-18(14,32)8-31(7-11)17-27-10(2)30-35-17/h3-4,9,11,14H,5-8H2,1-2H3/t9?,11-,14-,18-,32?/m0/s1. The maximum Gasteiger partial charge on any atom is 0.433 e. The second kappa shape index (κ2) is 6.91. The SMILES string of the molecule is Cc1noc(N2C[C@@H]3CC[C@]4(C2)[C@H]3N4c2nc3c(OC(C)C(F)(F)F)ccc(C(F)(F)F)n3n2)n1. The smallest absolute Gasteiger partial charge is 0.433 e. The van der Waals surface area contributed by atoms with Crippen LogP contribution in [0.25, 0.3) is 5.65 Å². The number of ether oxygens (including phenoxy) is 1. The van der Waals surface area contributed by atoms with E-state index in [1.165, 1.54) is 0 Å². The van der Waals surface area contributed by atoms with Gasteiger partial charge < -0.3 is 19.1 Å². The van der Waals surface area contributed by atoms with Gasteiger partial charge in [-0.3, -0.25) is 0 Å². The molecule has 1 saturated carbocycles. The van der Waals surface area contributed by atoms with Gasteiger partial charge in [0.05, 0.1) is 11.6 Å². The van der Waals surface area contributed by atoms with Crippen LogP contribution in [0.15, 0.2) is 16.7 Å². The minimum Gasteiger partial charge on any atom is -0.477 e. The highest BCUT2D eigenvalue weighted by molar-refractivity contribution is 5.64. The molecule has 188 valence electrons. The van der Waals surface area contributed by atoms with Crippen LogP contribution in [0.2, 0.25) is 0 Å². The molecule has 1 aliphatic carbocycles. The average Bonchev–Trinajstić information content (AvgIpc) is 3.05. The van der Waals surface area contributed by atoms with Crippen LogP contribution in [0, 0.1) is 12.8 Å². The van der Waals surface area contributed by atoms with Crippen LogP contribution >= 0.6 is 0 Å². The molecule has 3 aliphatic rings. The van der Waals surface area contributed by atoms with E-state index in [1.807, 2.05) is 9.80 Å². The maximum absolute atomic E-state index is 13.7. The molecule has 15 heteroatoms. The number of hydrogen-bond acceptors (Lipinski definition) is 8. The summed E-state index contributed by atoms with van der Waals surface area (Å²) in [5.74, 6) is 0.244. The van der Waals surface area contributed by atoms with E-state index < -0.39 is 41.1 Å². The van der Waals surface area contributed by atoms with Crippen molar-refractivity contribution in [2.75, 3.05) is 22.9 Å². The summed E-state index contributed by atoms with van der Waals surface area (Å²) in [6.07, 6.45) is -10.1. The van der Waals surface area contributed by atoms with E-state index in [0.29, 0.717) is 35.5 Å². The zero-order valence-corrected chi connectivity index (χ0v) is 18.4. The average molecular weight is 503 g/mol. The molecule has 9 nitrogen and oxygen atoms in total. The van der Waals surface area contributed by atoms with Crippen molar-refractivity contribution in [2.45, 2.75) is 56.7 Å². The first kappa shape index (κ1) is 22.2. The number of anilines is 2. The first-order valence-electron chi connectivity index (χ1n) is 10.9. The van der Waals surface area contributed by atoms with Gasteiger partial charge in [0.1, 0.15) is 5.69 Å². The topological polar surface area (TPSA) is 84.6 Å². The lowest BCUT2D eigenvalue weighted by atomic mass is 9.99. The monoisotopic (exact) mass is 503 g/mol. The van der Waals surface area contributed by atoms with E-state index in [4.69, 9.17) is 9.26 Å². The van der Waals surface area contributed by atoms with E-state index in [1.54, 1.807) is 6.92 Å². The van der Waals surface area contributed by atoms with Crippen LogP contribution in [-0.2, 0) is 6.18 Å². The molecule has 35 heavy (non-hydrogen) atoms. The molecule has 0 N–H and O–H groups in total. The summed E-state index contributed by atoms with van der Waals surface area (Å²) in [7, 11) is 0. The summed E-state index contributed by atoms with van der Waals surface area (Å²) in [5.41, 5.74) is -2.01. The van der Waals surface area contributed by atoms with Crippen LogP contribution in [0.5, 0.6) is 5.75 Å². The molecule has 6 rings (SSSR count). The quantitative estimate of drug-likeness (QED) is 0.394. The molecule has 5 heterocycles. The van der Waals surface area contributed by atoms with Gasteiger partial charge in [-0.05, 0) is 44.7 Å². The highest BCUT2D eigenvalue weighted by Gasteiger charge is 2.73. The highest BCUT2D eigenvalue weighted by Crippen LogP contribution is 2.60. The first-order chi connectivity index (χ1) is 16.4. The summed E-state index contributed by atoms with van der Waals surface area (Å²) in [4.78, 5) is 12.3. The third-order valence-electron chi connectivity index (χ3n) is 7.05. The molecular weight excluding hydrogens is 484 g/mol. The Labute approximate surface area is 193 Å². The fourth-order valence-corrected chi connectivity index (χ4v) is 5.50. The Hall–Kier alpha value is -3.26. The minimum atomic E-state index is -4.80. The molecule has 3 aromatic heterocycles. The summed E-state index contributed by atoms with van der Waals surface area (Å²) in [5, 5.41) is 7.91. The van der Waals surface area contributed by atoms with Crippen molar-refractivity contribution in [3.63, 3.8) is 0 Å². The predicted octanol–water partition coefficient (Wildman–Crippen LogP) is 3.63. The number of alkyl halides is 6. The minimum absolute atomic E-state index is 0.00739. The van der Waals surface area contributed by atoms with Crippen LogP contribution in [-0.4, -0.2) is 61.7 Å². The molecule has 2 saturated heterocycles. The van der Waals surface area contributed by atoms with Crippen LogP contribution < -0.4 is 14.5 Å². The summed E-state index contributed by atoms with van der Waals surface area (Å²) < 4.78 is 90.9. The molecule has 0 amide bonds. The second-order valence-corrected chi connectivity index (χ2v) is 9.25. The van der Waals surface area contributed by atoms with Gasteiger partial charge in [-0.2, -0.15) is 36.3 Å². The van der Waals surface area contributed by atoms with E-state index in [0.717, 1.165) is 25.8 Å². The number of piperidine rings is 2. The molecule has 0 aromatic carbocycles. The number of nitrogens with zero attached hydrogens (tertiary/aromatic N) is 7. The Morgan fingerprint density at radius 3 is 2.60 bits per heavy atom. The van der Waals surface area contributed by atoms with Crippen molar-refractivity contribution in [3.05, 3.63) is 23.7 Å². The van der Waals surface area contributed by atoms with Crippen molar-refractivity contribution < 1.29 is 35.6 Å². The number of aryl methyl sites for hydroxylation is 1. The van der Waals surface area contributed by atoms with Crippen molar-refractivity contribution in [1.29, 1.82) is 0 Å². The summed E-state index contributed by atoms with van der Waals surface area (Å²) >= 11 is 0. The van der Waals surface area contributed by atoms with Crippen molar-refractivity contribution in [1.82, 2.24) is 24.7 Å². The Balaban J connectivity index is 1.38. The molecule has 2 bridgehead atoms. The highest BCUT2D eigenvalue weighted by atomic mass is 19.4. The van der Waals surface area contributed by atoms with Crippen molar-refractivity contribution >= 4 is 17.6 Å². The van der Waals surface area contributed by atoms with Crippen LogP contribution in [0.4, 0.5) is 38.3 Å². The Kier molecular flexibility index (Phi) is 4.38. The lowest BCUT2D eigenvalue weighted by Crippen LogP contribution is -2.42. The molecule has 1 unspecified atom stereocenters. The van der Waals surface area contributed by atoms with E-state index in [-0.39, 0.29) is 17.9 Å². The third kappa shape index (κ3) is 3.30. The van der Waals surface area contributed by atoms with E-state index in [9.17, 15) is 26.3 Å². The van der Waals surface area contributed by atoms with Gasteiger partial charge in [0.25, 0.3) is 0 Å². The second-order valence-electron chi connectivity index (χ2n) is 9.25. The van der Waals surface area contributed by atoms with Gasteiger partial charge in [-0.25, -0.2) is 4.52 Å². The number of fused-ring (bicyclic) bond motifs is 1. The maximum atomic E-state index is 13.7. The van der Waals surface area contributed by atoms with E-state index in [2.05, 4.69) is 20.2 Å². The number of hydrogen-bond donors (Lipinski definition) is 0. The lowest BCUT2D eigenvalue weighted by molar-refractivity contribution is -0.189. The molecule has 3 fully saturated rings.